The molecule has 0 saturated heterocycles. The van der Waals surface area contributed by atoms with Gasteiger partial charge in [-0.15, -0.1) is 10.8 Å². The zero-order valence-electron chi connectivity index (χ0n) is 20.7. The standard InChI is InChI=1S/C21H27NO3S.C7H6O2/c1-15-13-16(14-20(23)21(2)11-12-21)5-10-19(15)17-6-8-18(9-7-17)26(24,25)22(3)4;1-2-4-7-6(3-1)8-5-9-7/h5-10,13,24-25H,11-12,14H2,1-4H3;1-4H,5H2. The molecule has 0 amide bonds. The van der Waals surface area contributed by atoms with E-state index >= 15 is 0 Å². The quantitative estimate of drug-likeness (QED) is 0.402. The Morgan fingerprint density at radius 3 is 2.09 bits per heavy atom. The van der Waals surface area contributed by atoms with Crippen LogP contribution >= 0.6 is 10.8 Å². The summed E-state index contributed by atoms with van der Waals surface area (Å²) in [6.07, 6.45) is 2.53. The number of hydrogen-bond acceptors (Lipinski definition) is 6. The summed E-state index contributed by atoms with van der Waals surface area (Å²) in [6.45, 7) is 4.46. The first kappa shape index (κ1) is 25.3. The van der Waals surface area contributed by atoms with Crippen molar-refractivity contribution in [1.82, 2.24) is 4.31 Å². The van der Waals surface area contributed by atoms with Gasteiger partial charge in [-0.25, -0.2) is 4.31 Å². The lowest BCUT2D eigenvalue weighted by Gasteiger charge is -2.38. The Labute approximate surface area is 209 Å². The summed E-state index contributed by atoms with van der Waals surface area (Å²) in [5.41, 5.74) is 4.20. The Morgan fingerprint density at radius 2 is 1.57 bits per heavy atom. The first-order valence-corrected chi connectivity index (χ1v) is 13.1. The number of aryl methyl sites for hydroxylation is 1. The van der Waals surface area contributed by atoms with Crippen LogP contribution in [0.2, 0.25) is 0 Å². The molecule has 2 N–H and O–H groups in total. The highest BCUT2D eigenvalue weighted by atomic mass is 32.3. The molecule has 3 aromatic rings. The van der Waals surface area contributed by atoms with Crippen LogP contribution in [0.15, 0.2) is 71.6 Å². The van der Waals surface area contributed by atoms with Gasteiger partial charge >= 0.3 is 0 Å². The van der Waals surface area contributed by atoms with Crippen LogP contribution in [-0.4, -0.2) is 40.1 Å². The molecule has 1 heterocycles. The van der Waals surface area contributed by atoms with Gasteiger partial charge in [0.15, 0.2) is 11.5 Å². The van der Waals surface area contributed by atoms with Crippen molar-refractivity contribution in [3.05, 3.63) is 77.9 Å². The first-order chi connectivity index (χ1) is 16.6. The van der Waals surface area contributed by atoms with Gasteiger partial charge in [0.2, 0.25) is 6.79 Å². The molecular formula is C28H33NO5S. The van der Waals surface area contributed by atoms with Crippen LogP contribution in [0.3, 0.4) is 0 Å². The minimum atomic E-state index is -2.92. The van der Waals surface area contributed by atoms with E-state index in [4.69, 9.17) is 9.47 Å². The fourth-order valence-corrected chi connectivity index (χ4v) is 4.82. The van der Waals surface area contributed by atoms with E-state index in [-0.39, 0.29) is 5.41 Å². The number of ether oxygens (including phenoxy) is 2. The molecule has 186 valence electrons. The number of carbonyl (C=O) groups is 1. The monoisotopic (exact) mass is 495 g/mol. The molecular weight excluding hydrogens is 462 g/mol. The molecule has 0 bridgehead atoms. The fraction of sp³-hybridized carbons (Fsp3) is 0.321. The predicted molar refractivity (Wildman–Crippen MR) is 140 cm³/mol. The number of ketones is 1. The van der Waals surface area contributed by atoms with Gasteiger partial charge in [0.1, 0.15) is 5.78 Å². The van der Waals surface area contributed by atoms with Crippen LogP contribution in [0.4, 0.5) is 0 Å². The maximum atomic E-state index is 12.3. The van der Waals surface area contributed by atoms with Crippen LogP contribution in [0.25, 0.3) is 11.1 Å². The van der Waals surface area contributed by atoms with Crippen LogP contribution in [0.5, 0.6) is 11.5 Å². The number of nitrogens with zero attached hydrogens (tertiary/aromatic N) is 1. The first-order valence-electron chi connectivity index (χ1n) is 11.6. The molecule has 0 radical (unpaired) electrons. The lowest BCUT2D eigenvalue weighted by atomic mass is 9.93. The Kier molecular flexibility index (Phi) is 7.24. The summed E-state index contributed by atoms with van der Waals surface area (Å²) >= 11 is 0. The summed E-state index contributed by atoms with van der Waals surface area (Å²) in [5.74, 6) is 2.03. The maximum absolute atomic E-state index is 12.3. The van der Waals surface area contributed by atoms with E-state index in [0.717, 1.165) is 46.6 Å². The van der Waals surface area contributed by atoms with Crippen molar-refractivity contribution in [1.29, 1.82) is 0 Å². The van der Waals surface area contributed by atoms with Crippen molar-refractivity contribution in [3.8, 4) is 22.6 Å². The molecule has 0 aromatic heterocycles. The lowest BCUT2D eigenvalue weighted by Crippen LogP contribution is -2.18. The number of Topliss-reactive ketones (excluding diaryl/α,β-unsaturated/α-hetero) is 1. The van der Waals surface area contributed by atoms with Gasteiger partial charge in [0, 0.05) is 25.9 Å². The van der Waals surface area contributed by atoms with Crippen molar-refractivity contribution in [2.75, 3.05) is 20.9 Å². The zero-order chi connectivity index (χ0) is 25.2. The minimum absolute atomic E-state index is 0.0851. The van der Waals surface area contributed by atoms with Gasteiger partial charge in [0.05, 0.1) is 4.90 Å². The number of para-hydroxylation sites is 2. The number of rotatable bonds is 6. The highest BCUT2D eigenvalue weighted by Crippen LogP contribution is 2.50. The number of carbonyl (C=O) groups excluding carboxylic acids is 1. The van der Waals surface area contributed by atoms with Crippen molar-refractivity contribution in [2.45, 2.75) is 38.0 Å². The second-order valence-electron chi connectivity index (χ2n) is 9.52. The van der Waals surface area contributed by atoms with Crippen LogP contribution in [0, 0.1) is 12.3 Å². The van der Waals surface area contributed by atoms with Crippen molar-refractivity contribution >= 4 is 16.6 Å². The van der Waals surface area contributed by atoms with Crippen LogP contribution in [0.1, 0.15) is 30.9 Å². The third-order valence-electron chi connectivity index (χ3n) is 6.60. The molecule has 0 unspecified atom stereocenters. The van der Waals surface area contributed by atoms with Crippen LogP contribution < -0.4 is 9.47 Å². The normalized spacial score (nSPS) is 15.9. The fourth-order valence-electron chi connectivity index (χ4n) is 3.90. The number of fused-ring (bicyclic) bond motifs is 1. The smallest absolute Gasteiger partial charge is 0.231 e. The van der Waals surface area contributed by atoms with Gasteiger partial charge in [0.25, 0.3) is 0 Å². The Bertz CT molecular complexity index is 1180. The molecule has 1 aliphatic heterocycles. The third kappa shape index (κ3) is 5.70. The molecule has 0 atom stereocenters. The molecule has 35 heavy (non-hydrogen) atoms. The van der Waals surface area contributed by atoms with Crippen molar-refractivity contribution in [2.24, 2.45) is 5.41 Å². The molecule has 0 spiro atoms. The predicted octanol–water partition coefficient (Wildman–Crippen LogP) is 6.58. The SMILES string of the molecule is Cc1cc(CC(=O)C2(C)CC2)ccc1-c1ccc(S(O)(O)N(C)C)cc1.c1ccc2c(c1)OCO2. The van der Waals surface area contributed by atoms with Crippen molar-refractivity contribution in [3.63, 3.8) is 0 Å². The van der Waals surface area contributed by atoms with E-state index in [2.05, 4.69) is 13.0 Å². The average molecular weight is 496 g/mol. The van der Waals surface area contributed by atoms with E-state index < -0.39 is 10.8 Å². The topological polar surface area (TPSA) is 79.2 Å². The lowest BCUT2D eigenvalue weighted by molar-refractivity contribution is -0.122. The number of hydrogen-bond donors (Lipinski definition) is 2. The molecule has 1 fully saturated rings. The van der Waals surface area contributed by atoms with Gasteiger partial charge in [-0.2, -0.15) is 0 Å². The van der Waals surface area contributed by atoms with E-state index in [1.165, 1.54) is 4.31 Å². The molecule has 7 heteroatoms. The van der Waals surface area contributed by atoms with E-state index in [0.29, 0.717) is 23.9 Å². The van der Waals surface area contributed by atoms with E-state index in [1.54, 1.807) is 26.2 Å². The van der Waals surface area contributed by atoms with Gasteiger partial charge < -0.3 is 9.47 Å². The second-order valence-corrected chi connectivity index (χ2v) is 11.8. The molecule has 1 aliphatic carbocycles. The molecule has 3 aromatic carbocycles. The van der Waals surface area contributed by atoms with Gasteiger partial charge in [-0.05, 0) is 66.3 Å². The molecule has 2 aliphatic rings. The van der Waals surface area contributed by atoms with E-state index in [9.17, 15) is 13.9 Å². The van der Waals surface area contributed by atoms with E-state index in [1.807, 2.05) is 55.5 Å². The summed E-state index contributed by atoms with van der Waals surface area (Å²) < 4.78 is 32.0. The summed E-state index contributed by atoms with van der Waals surface area (Å²) in [7, 11) is 0.378. The Balaban J connectivity index is 0.000000266. The van der Waals surface area contributed by atoms with Gasteiger partial charge in [-0.1, -0.05) is 49.4 Å². The Hall–Kier alpha value is -2.84. The minimum Gasteiger partial charge on any atom is -0.454 e. The summed E-state index contributed by atoms with van der Waals surface area (Å²) in [5, 5.41) is 0. The van der Waals surface area contributed by atoms with Gasteiger partial charge in [-0.3, -0.25) is 13.9 Å². The van der Waals surface area contributed by atoms with Crippen molar-refractivity contribution < 1.29 is 23.4 Å². The summed E-state index contributed by atoms with van der Waals surface area (Å²) in [6, 6.07) is 21.1. The second kappa shape index (κ2) is 10.0. The largest absolute Gasteiger partial charge is 0.454 e. The zero-order valence-corrected chi connectivity index (χ0v) is 21.5. The van der Waals surface area contributed by atoms with Crippen LogP contribution in [-0.2, 0) is 11.2 Å². The maximum Gasteiger partial charge on any atom is 0.231 e. The average Bonchev–Trinajstić information content (AvgIpc) is 3.41. The molecule has 5 rings (SSSR count). The number of benzene rings is 3. The third-order valence-corrected chi connectivity index (χ3v) is 8.52. The molecule has 6 nitrogen and oxygen atoms in total. The molecule has 1 saturated carbocycles. The Morgan fingerprint density at radius 1 is 0.971 bits per heavy atom. The summed E-state index contributed by atoms with van der Waals surface area (Å²) in [4.78, 5) is 12.8. The highest BCUT2D eigenvalue weighted by molar-refractivity contribution is 8.22. The highest BCUT2D eigenvalue weighted by Gasteiger charge is 2.43.